The molecule has 1 saturated heterocycles. The van der Waals surface area contributed by atoms with Gasteiger partial charge in [0.15, 0.2) is 11.6 Å². The number of Topliss-reactive ketones (excluding diaryl/α,β-unsaturated/α-hetero) is 1. The zero-order chi connectivity index (χ0) is 14.6. The first-order chi connectivity index (χ1) is 9.57. The third-order valence-corrected chi connectivity index (χ3v) is 4.14. The highest BCUT2D eigenvalue weighted by molar-refractivity contribution is 5.87. The van der Waals surface area contributed by atoms with E-state index >= 15 is 0 Å². The van der Waals surface area contributed by atoms with Gasteiger partial charge in [-0.05, 0) is 43.5 Å². The molecule has 2 rings (SSSR count). The average Bonchev–Trinajstić information content (AvgIpc) is 2.44. The Kier molecular flexibility index (Phi) is 4.86. The lowest BCUT2D eigenvalue weighted by atomic mass is 9.72. The van der Waals surface area contributed by atoms with Crippen LogP contribution in [0, 0.1) is 17.0 Å². The Labute approximate surface area is 118 Å². The summed E-state index contributed by atoms with van der Waals surface area (Å²) in [6.07, 6.45) is 3.85. The van der Waals surface area contributed by atoms with Crippen LogP contribution >= 0.6 is 0 Å². The van der Waals surface area contributed by atoms with E-state index in [0.29, 0.717) is 12.1 Å². The van der Waals surface area contributed by atoms with Crippen LogP contribution in [0.2, 0.25) is 0 Å². The van der Waals surface area contributed by atoms with E-state index in [1.165, 1.54) is 6.07 Å². The highest BCUT2D eigenvalue weighted by atomic mass is 19.2. The summed E-state index contributed by atoms with van der Waals surface area (Å²) in [5.41, 5.74) is 0.215. The maximum Gasteiger partial charge on any atom is 0.159 e. The zero-order valence-corrected chi connectivity index (χ0v) is 11.8. The first-order valence-electron chi connectivity index (χ1n) is 7.25. The van der Waals surface area contributed by atoms with Crippen LogP contribution in [0.15, 0.2) is 18.2 Å². The molecule has 1 unspecified atom stereocenters. The van der Waals surface area contributed by atoms with E-state index in [0.717, 1.165) is 44.4 Å². The molecule has 1 heterocycles. The summed E-state index contributed by atoms with van der Waals surface area (Å²) < 4.78 is 26.1. The summed E-state index contributed by atoms with van der Waals surface area (Å²) in [4.78, 5) is 12.6. The molecule has 2 nitrogen and oxygen atoms in total. The van der Waals surface area contributed by atoms with Crippen molar-refractivity contribution in [3.05, 3.63) is 35.4 Å². The number of piperidine rings is 1. The van der Waals surface area contributed by atoms with Crippen LogP contribution in [0.3, 0.4) is 0 Å². The van der Waals surface area contributed by atoms with Crippen LogP contribution in [0.1, 0.15) is 38.2 Å². The lowest BCUT2D eigenvalue weighted by molar-refractivity contribution is -0.129. The first kappa shape index (κ1) is 15.1. The van der Waals surface area contributed by atoms with Gasteiger partial charge < -0.3 is 5.32 Å². The van der Waals surface area contributed by atoms with Crippen molar-refractivity contribution in [2.24, 2.45) is 5.41 Å². The fourth-order valence-electron chi connectivity index (χ4n) is 3.06. The minimum Gasteiger partial charge on any atom is -0.316 e. The maximum absolute atomic E-state index is 13.2. The number of halogens is 2. The van der Waals surface area contributed by atoms with Crippen molar-refractivity contribution in [3.8, 4) is 0 Å². The van der Waals surface area contributed by atoms with Crippen molar-refractivity contribution in [1.82, 2.24) is 5.32 Å². The molecule has 1 aromatic rings. The van der Waals surface area contributed by atoms with Gasteiger partial charge in [-0.25, -0.2) is 8.78 Å². The predicted molar refractivity (Wildman–Crippen MR) is 74.5 cm³/mol. The van der Waals surface area contributed by atoms with Crippen LogP contribution in [0.25, 0.3) is 0 Å². The fraction of sp³-hybridized carbons (Fsp3) is 0.562. The average molecular weight is 281 g/mol. The Morgan fingerprint density at radius 2 is 2.15 bits per heavy atom. The molecule has 0 spiro atoms. The standard InChI is InChI=1S/C16H21F2NO/c1-2-6-16(7-3-8-19-11-16)15(20)10-12-4-5-13(17)14(18)9-12/h4-5,9,19H,2-3,6-8,10-11H2,1H3. The summed E-state index contributed by atoms with van der Waals surface area (Å²) >= 11 is 0. The molecule has 0 radical (unpaired) electrons. The summed E-state index contributed by atoms with van der Waals surface area (Å²) in [6, 6.07) is 3.71. The monoisotopic (exact) mass is 281 g/mol. The number of benzene rings is 1. The van der Waals surface area contributed by atoms with Gasteiger partial charge >= 0.3 is 0 Å². The highest BCUT2D eigenvalue weighted by Gasteiger charge is 2.37. The Hall–Kier alpha value is -1.29. The summed E-state index contributed by atoms with van der Waals surface area (Å²) in [6.45, 7) is 3.72. The molecule has 1 aromatic carbocycles. The molecule has 1 atom stereocenters. The molecule has 0 saturated carbocycles. The smallest absolute Gasteiger partial charge is 0.159 e. The van der Waals surface area contributed by atoms with Crippen LogP contribution in [-0.4, -0.2) is 18.9 Å². The lowest BCUT2D eigenvalue weighted by Gasteiger charge is -2.36. The molecule has 1 aliphatic heterocycles. The van der Waals surface area contributed by atoms with Crippen molar-refractivity contribution < 1.29 is 13.6 Å². The Balaban J connectivity index is 2.13. The second-order valence-electron chi connectivity index (χ2n) is 5.66. The number of carbonyl (C=O) groups excluding carboxylic acids is 1. The van der Waals surface area contributed by atoms with E-state index in [-0.39, 0.29) is 17.6 Å². The largest absolute Gasteiger partial charge is 0.316 e. The predicted octanol–water partition coefficient (Wildman–Crippen LogP) is 3.25. The fourth-order valence-corrected chi connectivity index (χ4v) is 3.06. The summed E-state index contributed by atoms with van der Waals surface area (Å²) in [5, 5.41) is 3.29. The second kappa shape index (κ2) is 6.44. The van der Waals surface area contributed by atoms with Gasteiger partial charge in [-0.15, -0.1) is 0 Å². The minimum atomic E-state index is -0.887. The molecule has 110 valence electrons. The first-order valence-corrected chi connectivity index (χ1v) is 7.25. The molecule has 1 N–H and O–H groups in total. The van der Waals surface area contributed by atoms with E-state index in [4.69, 9.17) is 0 Å². The van der Waals surface area contributed by atoms with Gasteiger partial charge in [-0.2, -0.15) is 0 Å². The van der Waals surface area contributed by atoms with Gasteiger partial charge in [-0.3, -0.25) is 4.79 Å². The molecular formula is C16H21F2NO. The second-order valence-corrected chi connectivity index (χ2v) is 5.66. The maximum atomic E-state index is 13.2. The molecule has 1 fully saturated rings. The minimum absolute atomic E-state index is 0.137. The number of hydrogen-bond acceptors (Lipinski definition) is 2. The van der Waals surface area contributed by atoms with Crippen molar-refractivity contribution in [2.45, 2.75) is 39.0 Å². The number of carbonyl (C=O) groups is 1. The number of hydrogen-bond donors (Lipinski definition) is 1. The lowest BCUT2D eigenvalue weighted by Crippen LogP contribution is -2.46. The van der Waals surface area contributed by atoms with Crippen LogP contribution in [-0.2, 0) is 11.2 Å². The highest BCUT2D eigenvalue weighted by Crippen LogP contribution is 2.33. The van der Waals surface area contributed by atoms with Gasteiger partial charge in [0.25, 0.3) is 0 Å². The zero-order valence-electron chi connectivity index (χ0n) is 11.8. The third-order valence-electron chi connectivity index (χ3n) is 4.14. The van der Waals surface area contributed by atoms with Crippen LogP contribution in [0.4, 0.5) is 8.78 Å². The van der Waals surface area contributed by atoms with Gasteiger partial charge in [0.2, 0.25) is 0 Å². The van der Waals surface area contributed by atoms with E-state index in [1.807, 2.05) is 0 Å². The quantitative estimate of drug-likeness (QED) is 0.897. The van der Waals surface area contributed by atoms with Crippen molar-refractivity contribution >= 4 is 5.78 Å². The summed E-state index contributed by atoms with van der Waals surface area (Å²) in [7, 11) is 0. The van der Waals surface area contributed by atoms with E-state index in [1.54, 1.807) is 0 Å². The Bertz CT molecular complexity index is 476. The van der Waals surface area contributed by atoms with Crippen LogP contribution in [0.5, 0.6) is 0 Å². The van der Waals surface area contributed by atoms with Crippen molar-refractivity contribution in [2.75, 3.05) is 13.1 Å². The van der Waals surface area contributed by atoms with Crippen molar-refractivity contribution in [1.29, 1.82) is 0 Å². The van der Waals surface area contributed by atoms with Gasteiger partial charge in [-0.1, -0.05) is 19.4 Å². The van der Waals surface area contributed by atoms with E-state index < -0.39 is 11.6 Å². The Morgan fingerprint density at radius 3 is 2.75 bits per heavy atom. The molecule has 0 aliphatic carbocycles. The number of rotatable bonds is 5. The topological polar surface area (TPSA) is 29.1 Å². The third kappa shape index (κ3) is 3.23. The molecule has 20 heavy (non-hydrogen) atoms. The molecule has 0 bridgehead atoms. The van der Waals surface area contributed by atoms with E-state index in [2.05, 4.69) is 12.2 Å². The number of nitrogens with one attached hydrogen (secondary N) is 1. The Morgan fingerprint density at radius 1 is 1.35 bits per heavy atom. The van der Waals surface area contributed by atoms with Gasteiger partial charge in [0.1, 0.15) is 5.78 Å². The summed E-state index contributed by atoms with van der Waals surface area (Å²) in [5.74, 6) is -1.62. The normalized spacial score (nSPS) is 22.8. The number of ketones is 1. The van der Waals surface area contributed by atoms with Crippen molar-refractivity contribution in [3.63, 3.8) is 0 Å². The van der Waals surface area contributed by atoms with E-state index in [9.17, 15) is 13.6 Å². The SMILES string of the molecule is CCCC1(C(=O)Cc2ccc(F)c(F)c2)CCCNC1. The van der Waals surface area contributed by atoms with Gasteiger partial charge in [0.05, 0.1) is 0 Å². The molecule has 0 amide bonds. The van der Waals surface area contributed by atoms with Gasteiger partial charge in [0, 0.05) is 18.4 Å². The molecular weight excluding hydrogens is 260 g/mol. The molecule has 1 aliphatic rings. The molecule has 4 heteroatoms. The van der Waals surface area contributed by atoms with Crippen LogP contribution < -0.4 is 5.32 Å². The molecule has 0 aromatic heterocycles.